The van der Waals surface area contributed by atoms with E-state index < -0.39 is 0 Å². The Kier molecular flexibility index (Phi) is 3.72. The average molecular weight is 250 g/mol. The molecule has 1 aromatic carbocycles. The number of benzene rings is 1. The van der Waals surface area contributed by atoms with Crippen LogP contribution in [0.1, 0.15) is 31.4 Å². The van der Waals surface area contributed by atoms with E-state index in [1.807, 2.05) is 6.92 Å². The lowest BCUT2D eigenvalue weighted by molar-refractivity contribution is -0.122. The number of phenols is 2. The summed E-state index contributed by atoms with van der Waals surface area (Å²) in [6.07, 6.45) is 1.33. The van der Waals surface area contributed by atoms with Crippen molar-refractivity contribution in [1.82, 2.24) is 10.6 Å². The van der Waals surface area contributed by atoms with E-state index in [0.717, 1.165) is 12.0 Å². The molecular weight excluding hydrogens is 232 g/mol. The van der Waals surface area contributed by atoms with E-state index in [1.54, 1.807) is 12.1 Å². The minimum atomic E-state index is -0.0365. The molecule has 1 aromatic rings. The van der Waals surface area contributed by atoms with Gasteiger partial charge in [-0.1, -0.05) is 6.07 Å². The lowest BCUT2D eigenvalue weighted by Crippen LogP contribution is -2.46. The Bertz CT molecular complexity index is 438. The number of phenolic OH excluding ortho intramolecular Hbond substituents is 2. The first-order valence-corrected chi connectivity index (χ1v) is 6.11. The lowest BCUT2D eigenvalue weighted by atomic mass is 10.0. The van der Waals surface area contributed by atoms with E-state index in [0.29, 0.717) is 13.0 Å². The highest BCUT2D eigenvalue weighted by atomic mass is 16.3. The predicted molar refractivity (Wildman–Crippen MR) is 67.4 cm³/mol. The highest BCUT2D eigenvalue weighted by Crippen LogP contribution is 2.28. The van der Waals surface area contributed by atoms with Crippen molar-refractivity contribution in [2.75, 3.05) is 6.54 Å². The number of piperidine rings is 1. The van der Waals surface area contributed by atoms with E-state index in [-0.39, 0.29) is 29.5 Å². The normalized spacial score (nSPS) is 21.4. The maximum Gasteiger partial charge on any atom is 0.220 e. The Morgan fingerprint density at radius 2 is 2.22 bits per heavy atom. The van der Waals surface area contributed by atoms with Gasteiger partial charge in [-0.3, -0.25) is 4.79 Å². The topological polar surface area (TPSA) is 81.6 Å². The summed E-state index contributed by atoms with van der Waals surface area (Å²) >= 11 is 0. The van der Waals surface area contributed by atoms with Gasteiger partial charge in [0.2, 0.25) is 5.91 Å². The Balaban J connectivity index is 1.98. The highest BCUT2D eigenvalue weighted by Gasteiger charge is 2.20. The molecule has 0 aromatic heterocycles. The van der Waals surface area contributed by atoms with Crippen molar-refractivity contribution in [3.63, 3.8) is 0 Å². The SMILES string of the molecule is CC(NC1CCC(=O)NC1)c1ccc(O)cc1O. The maximum absolute atomic E-state index is 11.0. The molecule has 5 nitrogen and oxygen atoms in total. The largest absolute Gasteiger partial charge is 0.508 e. The fraction of sp³-hybridized carbons (Fsp3) is 0.462. The smallest absolute Gasteiger partial charge is 0.220 e. The van der Waals surface area contributed by atoms with Crippen LogP contribution in [0.4, 0.5) is 0 Å². The van der Waals surface area contributed by atoms with E-state index in [1.165, 1.54) is 6.07 Å². The summed E-state index contributed by atoms with van der Waals surface area (Å²) in [6, 6.07) is 4.76. The molecule has 5 heteroatoms. The Labute approximate surface area is 106 Å². The number of amides is 1. The zero-order valence-corrected chi connectivity index (χ0v) is 10.3. The van der Waals surface area contributed by atoms with Gasteiger partial charge < -0.3 is 20.8 Å². The van der Waals surface area contributed by atoms with Crippen molar-refractivity contribution >= 4 is 5.91 Å². The number of hydrogen-bond donors (Lipinski definition) is 4. The van der Waals surface area contributed by atoms with Crippen LogP contribution in [0.2, 0.25) is 0 Å². The summed E-state index contributed by atoms with van der Waals surface area (Å²) in [4.78, 5) is 11.0. The van der Waals surface area contributed by atoms with E-state index in [2.05, 4.69) is 10.6 Å². The van der Waals surface area contributed by atoms with Crippen molar-refractivity contribution < 1.29 is 15.0 Å². The lowest BCUT2D eigenvalue weighted by Gasteiger charge is -2.27. The van der Waals surface area contributed by atoms with Gasteiger partial charge in [0.05, 0.1) is 0 Å². The van der Waals surface area contributed by atoms with Crippen molar-refractivity contribution in [1.29, 1.82) is 0 Å². The molecule has 1 aliphatic heterocycles. The summed E-state index contributed by atoms with van der Waals surface area (Å²) in [6.45, 7) is 2.56. The monoisotopic (exact) mass is 250 g/mol. The van der Waals surface area contributed by atoms with Crippen LogP contribution in [-0.4, -0.2) is 28.7 Å². The van der Waals surface area contributed by atoms with Gasteiger partial charge in [0.1, 0.15) is 11.5 Å². The molecule has 4 N–H and O–H groups in total. The summed E-state index contributed by atoms with van der Waals surface area (Å²) in [5, 5.41) is 25.2. The Morgan fingerprint density at radius 1 is 1.44 bits per heavy atom. The Hall–Kier alpha value is -1.75. The number of carbonyl (C=O) groups excluding carboxylic acids is 1. The molecular formula is C13H18N2O3. The number of rotatable bonds is 3. The minimum Gasteiger partial charge on any atom is -0.508 e. The van der Waals surface area contributed by atoms with Crippen LogP contribution in [0, 0.1) is 0 Å². The number of aromatic hydroxyl groups is 2. The second kappa shape index (κ2) is 5.27. The van der Waals surface area contributed by atoms with E-state index in [4.69, 9.17) is 0 Å². The first-order chi connectivity index (χ1) is 8.56. The van der Waals surface area contributed by atoms with Crippen LogP contribution < -0.4 is 10.6 Å². The first-order valence-electron chi connectivity index (χ1n) is 6.11. The third-order valence-electron chi connectivity index (χ3n) is 3.23. The summed E-state index contributed by atoms with van der Waals surface area (Å²) in [7, 11) is 0. The molecule has 2 atom stereocenters. The van der Waals surface area contributed by atoms with Gasteiger partial charge in [0.15, 0.2) is 0 Å². The van der Waals surface area contributed by atoms with Gasteiger partial charge in [-0.2, -0.15) is 0 Å². The Morgan fingerprint density at radius 3 is 2.83 bits per heavy atom. The fourth-order valence-corrected chi connectivity index (χ4v) is 2.22. The zero-order chi connectivity index (χ0) is 13.1. The number of nitrogens with one attached hydrogen (secondary N) is 2. The molecule has 0 bridgehead atoms. The molecule has 1 saturated heterocycles. The highest BCUT2D eigenvalue weighted by molar-refractivity contribution is 5.76. The number of carbonyl (C=O) groups is 1. The van der Waals surface area contributed by atoms with Crippen LogP contribution in [0.3, 0.4) is 0 Å². The van der Waals surface area contributed by atoms with E-state index in [9.17, 15) is 15.0 Å². The van der Waals surface area contributed by atoms with Crippen LogP contribution in [0.25, 0.3) is 0 Å². The van der Waals surface area contributed by atoms with Crippen molar-refractivity contribution in [2.45, 2.75) is 31.8 Å². The molecule has 1 aliphatic rings. The van der Waals surface area contributed by atoms with Crippen LogP contribution >= 0.6 is 0 Å². The molecule has 2 rings (SSSR count). The maximum atomic E-state index is 11.0. The van der Waals surface area contributed by atoms with Gasteiger partial charge in [0, 0.05) is 36.7 Å². The van der Waals surface area contributed by atoms with Crippen LogP contribution in [0.15, 0.2) is 18.2 Å². The predicted octanol–water partition coefficient (Wildman–Crippen LogP) is 1.03. The standard InChI is InChI=1S/C13H18N2O3/c1-8(11-4-3-10(16)6-12(11)17)15-9-2-5-13(18)14-7-9/h3-4,6,8-9,15-17H,2,5,7H2,1H3,(H,14,18). The second-order valence-electron chi connectivity index (χ2n) is 4.67. The molecule has 0 spiro atoms. The minimum absolute atomic E-state index is 0.0365. The molecule has 0 aliphatic carbocycles. The molecule has 2 unspecified atom stereocenters. The molecule has 1 fully saturated rings. The molecule has 0 saturated carbocycles. The summed E-state index contributed by atoms with van der Waals surface area (Å²) in [5.41, 5.74) is 0.740. The summed E-state index contributed by atoms with van der Waals surface area (Å²) < 4.78 is 0. The molecule has 1 heterocycles. The fourth-order valence-electron chi connectivity index (χ4n) is 2.22. The third kappa shape index (κ3) is 2.92. The van der Waals surface area contributed by atoms with Crippen molar-refractivity contribution in [3.8, 4) is 11.5 Å². The van der Waals surface area contributed by atoms with Crippen LogP contribution in [0.5, 0.6) is 11.5 Å². The second-order valence-corrected chi connectivity index (χ2v) is 4.67. The van der Waals surface area contributed by atoms with Crippen molar-refractivity contribution in [2.24, 2.45) is 0 Å². The summed E-state index contributed by atoms with van der Waals surface area (Å²) in [5.74, 6) is 0.219. The molecule has 0 radical (unpaired) electrons. The van der Waals surface area contributed by atoms with Gasteiger partial charge in [-0.15, -0.1) is 0 Å². The third-order valence-corrected chi connectivity index (χ3v) is 3.23. The molecule has 98 valence electrons. The zero-order valence-electron chi connectivity index (χ0n) is 10.3. The quantitative estimate of drug-likeness (QED) is 0.646. The molecule has 1 amide bonds. The number of hydrogen-bond acceptors (Lipinski definition) is 4. The van der Waals surface area contributed by atoms with E-state index >= 15 is 0 Å². The van der Waals surface area contributed by atoms with Gasteiger partial charge in [0.25, 0.3) is 0 Å². The van der Waals surface area contributed by atoms with Crippen molar-refractivity contribution in [3.05, 3.63) is 23.8 Å². The first kappa shape index (κ1) is 12.7. The van der Waals surface area contributed by atoms with Gasteiger partial charge in [-0.25, -0.2) is 0 Å². The molecule has 18 heavy (non-hydrogen) atoms. The van der Waals surface area contributed by atoms with Crippen LogP contribution in [-0.2, 0) is 4.79 Å². The average Bonchev–Trinajstić information content (AvgIpc) is 2.32. The van der Waals surface area contributed by atoms with Gasteiger partial charge >= 0.3 is 0 Å². The van der Waals surface area contributed by atoms with Gasteiger partial charge in [-0.05, 0) is 19.4 Å².